The van der Waals surface area contributed by atoms with E-state index in [1.165, 1.54) is 0 Å². The van der Waals surface area contributed by atoms with E-state index in [0.29, 0.717) is 6.42 Å². The minimum Gasteiger partial charge on any atom is -0.327 e. The quantitative estimate of drug-likeness (QED) is 0.845. The van der Waals surface area contributed by atoms with Crippen LogP contribution in [0.2, 0.25) is 0 Å². The van der Waals surface area contributed by atoms with E-state index >= 15 is 0 Å². The van der Waals surface area contributed by atoms with Gasteiger partial charge >= 0.3 is 0 Å². The Bertz CT molecular complexity index is 407. The minimum atomic E-state index is -0.0458. The third kappa shape index (κ3) is 4.78. The molecule has 4 heteroatoms. The first kappa shape index (κ1) is 15.2. The maximum Gasteiger partial charge on any atom is 0.225 e. The zero-order valence-corrected chi connectivity index (χ0v) is 12.6. The van der Waals surface area contributed by atoms with E-state index in [9.17, 15) is 4.79 Å². The van der Waals surface area contributed by atoms with Crippen molar-refractivity contribution in [3.63, 3.8) is 0 Å². The second-order valence-corrected chi connectivity index (χ2v) is 5.37. The largest absolute Gasteiger partial charge is 0.327 e. The van der Waals surface area contributed by atoms with Crippen LogP contribution in [0.15, 0.2) is 22.7 Å². The summed E-state index contributed by atoms with van der Waals surface area (Å²) in [5.74, 6) is -0.00651. The number of halogens is 1. The minimum absolute atomic E-state index is 0.00651. The standard InChI is InChI=1S/C14H21BrN2O/c1-3-5-12(16)9-14(18)17-13-7-6-11(15)8-10(13)4-2/h6-8,12H,3-5,9,16H2,1-2H3,(H,17,18). The van der Waals surface area contributed by atoms with Crippen molar-refractivity contribution in [1.82, 2.24) is 0 Å². The molecule has 1 unspecified atom stereocenters. The lowest BCUT2D eigenvalue weighted by Gasteiger charge is -2.13. The van der Waals surface area contributed by atoms with Crippen molar-refractivity contribution in [1.29, 1.82) is 0 Å². The highest BCUT2D eigenvalue weighted by atomic mass is 79.9. The average Bonchev–Trinajstić information content (AvgIpc) is 2.31. The fraction of sp³-hybridized carbons (Fsp3) is 0.500. The van der Waals surface area contributed by atoms with E-state index in [0.717, 1.165) is 35.0 Å². The molecule has 100 valence electrons. The Labute approximate surface area is 117 Å². The number of anilines is 1. The van der Waals surface area contributed by atoms with Gasteiger partial charge in [0, 0.05) is 22.6 Å². The molecule has 0 heterocycles. The smallest absolute Gasteiger partial charge is 0.225 e. The molecule has 3 N–H and O–H groups in total. The van der Waals surface area contributed by atoms with Crippen LogP contribution in [-0.4, -0.2) is 11.9 Å². The SMILES string of the molecule is CCCC(N)CC(=O)Nc1ccc(Br)cc1CC. The van der Waals surface area contributed by atoms with E-state index in [1.807, 2.05) is 18.2 Å². The Kier molecular flexibility index (Phi) is 6.36. The van der Waals surface area contributed by atoms with Gasteiger partial charge in [-0.15, -0.1) is 0 Å². The van der Waals surface area contributed by atoms with Crippen LogP contribution in [0, 0.1) is 0 Å². The highest BCUT2D eigenvalue weighted by molar-refractivity contribution is 9.10. The van der Waals surface area contributed by atoms with Gasteiger partial charge in [0.05, 0.1) is 0 Å². The number of nitrogens with two attached hydrogens (primary N) is 1. The summed E-state index contributed by atoms with van der Waals surface area (Å²) < 4.78 is 1.03. The molecule has 1 aromatic rings. The first-order valence-corrected chi connectivity index (χ1v) is 7.20. The first-order chi connectivity index (χ1) is 8.56. The van der Waals surface area contributed by atoms with Crippen molar-refractivity contribution in [2.45, 2.75) is 45.6 Å². The van der Waals surface area contributed by atoms with Crippen LogP contribution in [0.1, 0.15) is 38.7 Å². The van der Waals surface area contributed by atoms with Gasteiger partial charge < -0.3 is 11.1 Å². The summed E-state index contributed by atoms with van der Waals surface area (Å²) in [4.78, 5) is 11.8. The van der Waals surface area contributed by atoms with Crippen molar-refractivity contribution in [2.75, 3.05) is 5.32 Å². The molecule has 0 spiro atoms. The van der Waals surface area contributed by atoms with Crippen LogP contribution >= 0.6 is 15.9 Å². The Morgan fingerprint density at radius 2 is 2.17 bits per heavy atom. The van der Waals surface area contributed by atoms with Gasteiger partial charge in [-0.05, 0) is 36.6 Å². The number of aryl methyl sites for hydroxylation is 1. The molecular weight excluding hydrogens is 292 g/mol. The number of benzene rings is 1. The molecule has 0 saturated heterocycles. The Morgan fingerprint density at radius 1 is 1.44 bits per heavy atom. The molecule has 18 heavy (non-hydrogen) atoms. The van der Waals surface area contributed by atoms with E-state index in [2.05, 4.69) is 35.1 Å². The molecule has 0 fully saturated rings. The van der Waals surface area contributed by atoms with Crippen molar-refractivity contribution in [3.05, 3.63) is 28.2 Å². The number of rotatable bonds is 6. The van der Waals surface area contributed by atoms with E-state index in [1.54, 1.807) is 0 Å². The topological polar surface area (TPSA) is 55.1 Å². The Hall–Kier alpha value is -0.870. The average molecular weight is 313 g/mol. The predicted molar refractivity (Wildman–Crippen MR) is 79.7 cm³/mol. The fourth-order valence-corrected chi connectivity index (χ4v) is 2.30. The van der Waals surface area contributed by atoms with Crippen molar-refractivity contribution in [2.24, 2.45) is 5.73 Å². The number of carbonyl (C=O) groups excluding carboxylic acids is 1. The Balaban J connectivity index is 2.64. The summed E-state index contributed by atoms with van der Waals surface area (Å²) in [5.41, 5.74) is 7.88. The molecule has 1 amide bonds. The van der Waals surface area contributed by atoms with E-state index in [4.69, 9.17) is 5.73 Å². The first-order valence-electron chi connectivity index (χ1n) is 6.40. The van der Waals surface area contributed by atoms with Crippen LogP contribution in [0.3, 0.4) is 0 Å². The van der Waals surface area contributed by atoms with Gasteiger partial charge in [0.2, 0.25) is 5.91 Å². The molecule has 1 atom stereocenters. The second-order valence-electron chi connectivity index (χ2n) is 4.46. The molecule has 1 aromatic carbocycles. The molecule has 0 aliphatic carbocycles. The van der Waals surface area contributed by atoms with Gasteiger partial charge in [-0.1, -0.05) is 36.2 Å². The van der Waals surface area contributed by atoms with Crippen LogP contribution < -0.4 is 11.1 Å². The molecular formula is C14H21BrN2O. The van der Waals surface area contributed by atoms with Gasteiger partial charge in [-0.25, -0.2) is 0 Å². The van der Waals surface area contributed by atoms with Gasteiger partial charge in [-0.2, -0.15) is 0 Å². The third-order valence-corrected chi connectivity index (χ3v) is 3.32. The molecule has 3 nitrogen and oxygen atoms in total. The number of carbonyl (C=O) groups is 1. The fourth-order valence-electron chi connectivity index (χ4n) is 1.89. The lowest BCUT2D eigenvalue weighted by atomic mass is 10.1. The number of hydrogen-bond acceptors (Lipinski definition) is 2. The van der Waals surface area contributed by atoms with Gasteiger partial charge in [-0.3, -0.25) is 4.79 Å². The molecule has 1 rings (SSSR count). The highest BCUT2D eigenvalue weighted by Gasteiger charge is 2.10. The zero-order valence-electron chi connectivity index (χ0n) is 11.0. The maximum atomic E-state index is 11.8. The lowest BCUT2D eigenvalue weighted by molar-refractivity contribution is -0.116. The second kappa shape index (κ2) is 7.54. The predicted octanol–water partition coefficient (Wildman–Crippen LogP) is 3.47. The number of nitrogens with one attached hydrogen (secondary N) is 1. The number of hydrogen-bond donors (Lipinski definition) is 2. The Morgan fingerprint density at radius 3 is 2.78 bits per heavy atom. The lowest BCUT2D eigenvalue weighted by Crippen LogP contribution is -2.27. The van der Waals surface area contributed by atoms with Crippen LogP contribution in [0.25, 0.3) is 0 Å². The summed E-state index contributed by atoms with van der Waals surface area (Å²) in [6.45, 7) is 4.14. The van der Waals surface area contributed by atoms with Gasteiger partial charge in [0.25, 0.3) is 0 Å². The van der Waals surface area contributed by atoms with Crippen molar-refractivity contribution >= 4 is 27.5 Å². The van der Waals surface area contributed by atoms with E-state index < -0.39 is 0 Å². The third-order valence-electron chi connectivity index (χ3n) is 2.83. The summed E-state index contributed by atoms with van der Waals surface area (Å²) in [5, 5.41) is 2.94. The van der Waals surface area contributed by atoms with Crippen LogP contribution in [0.5, 0.6) is 0 Å². The van der Waals surface area contributed by atoms with Crippen molar-refractivity contribution < 1.29 is 4.79 Å². The molecule has 0 aliphatic rings. The molecule has 0 aliphatic heterocycles. The van der Waals surface area contributed by atoms with Crippen molar-refractivity contribution in [3.8, 4) is 0 Å². The van der Waals surface area contributed by atoms with Crippen LogP contribution in [-0.2, 0) is 11.2 Å². The molecule has 0 bridgehead atoms. The summed E-state index contributed by atoms with van der Waals surface area (Å²) in [7, 11) is 0. The summed E-state index contributed by atoms with van der Waals surface area (Å²) in [6.07, 6.45) is 3.16. The van der Waals surface area contributed by atoms with Gasteiger partial charge in [0.1, 0.15) is 0 Å². The molecule has 0 saturated carbocycles. The number of amides is 1. The monoisotopic (exact) mass is 312 g/mol. The highest BCUT2D eigenvalue weighted by Crippen LogP contribution is 2.21. The summed E-state index contributed by atoms with van der Waals surface area (Å²) in [6, 6.07) is 5.84. The van der Waals surface area contributed by atoms with Crippen LogP contribution in [0.4, 0.5) is 5.69 Å². The zero-order chi connectivity index (χ0) is 13.5. The summed E-state index contributed by atoms with van der Waals surface area (Å²) >= 11 is 3.43. The maximum absolute atomic E-state index is 11.8. The van der Waals surface area contributed by atoms with E-state index in [-0.39, 0.29) is 11.9 Å². The molecule has 0 radical (unpaired) electrons. The van der Waals surface area contributed by atoms with Gasteiger partial charge in [0.15, 0.2) is 0 Å². The normalized spacial score (nSPS) is 12.2. The molecule has 0 aromatic heterocycles.